The van der Waals surface area contributed by atoms with E-state index >= 15 is 0 Å². The zero-order valence-corrected chi connectivity index (χ0v) is 43.0. The monoisotopic (exact) mass is 908 g/mol. The van der Waals surface area contributed by atoms with Crippen molar-refractivity contribution in [2.45, 2.75) is 251 Å². The van der Waals surface area contributed by atoms with E-state index in [2.05, 4.69) is 55.6 Å². The lowest BCUT2D eigenvalue weighted by atomic mass is 10.0. The summed E-state index contributed by atoms with van der Waals surface area (Å²) in [6, 6.07) is -0.849. The summed E-state index contributed by atoms with van der Waals surface area (Å²) in [5.41, 5.74) is 0. The molecule has 1 amide bonds. The Balaban J connectivity index is 4.26. The first-order chi connectivity index (χ1) is 30.5. The minimum Gasteiger partial charge on any atom is -0.387 e. The Morgan fingerprint density at radius 2 is 0.905 bits per heavy atom. The molecule has 0 aliphatic carbocycles. The van der Waals surface area contributed by atoms with E-state index in [4.69, 9.17) is 9.05 Å². The summed E-state index contributed by atoms with van der Waals surface area (Å²) in [6.45, 7) is 4.81. The van der Waals surface area contributed by atoms with Crippen molar-refractivity contribution in [3.8, 4) is 0 Å². The molecule has 0 aromatic rings. The van der Waals surface area contributed by atoms with Crippen molar-refractivity contribution in [1.29, 1.82) is 0 Å². The SMILES string of the molecule is CCCCCCC/C=C\C/C=C\C/C=C\CCCCCCCCCCCCC(=O)NC(COP(=O)(O)OCC[N+](C)(C)C)C(O)/C=C/CCCCCCCCCCCCCCCC. The number of quaternary nitrogens is 1. The number of hydrogen-bond acceptors (Lipinski definition) is 5. The predicted molar refractivity (Wildman–Crippen MR) is 272 cm³/mol. The second-order valence-corrected chi connectivity index (χ2v) is 20.7. The third-order valence-corrected chi connectivity index (χ3v) is 12.8. The molecule has 0 aliphatic heterocycles. The van der Waals surface area contributed by atoms with Gasteiger partial charge in [-0.1, -0.05) is 223 Å². The molecule has 0 radical (unpaired) electrons. The third-order valence-electron chi connectivity index (χ3n) is 11.8. The third kappa shape index (κ3) is 48.2. The average molecular weight is 908 g/mol. The number of allylic oxidation sites excluding steroid dienone is 7. The summed E-state index contributed by atoms with van der Waals surface area (Å²) >= 11 is 0. The van der Waals surface area contributed by atoms with E-state index in [0.717, 1.165) is 51.4 Å². The van der Waals surface area contributed by atoms with Gasteiger partial charge in [-0.3, -0.25) is 13.8 Å². The molecule has 0 rings (SSSR count). The van der Waals surface area contributed by atoms with Gasteiger partial charge in [0.1, 0.15) is 13.2 Å². The molecular formula is C54H104N2O6P+. The molecule has 0 spiro atoms. The Kier molecular flexibility index (Phi) is 44.5. The van der Waals surface area contributed by atoms with Crippen LogP contribution in [0.5, 0.6) is 0 Å². The topological polar surface area (TPSA) is 105 Å². The zero-order chi connectivity index (χ0) is 46.4. The Labute approximate surface area is 390 Å². The summed E-state index contributed by atoms with van der Waals surface area (Å²) in [7, 11) is 1.57. The summed E-state index contributed by atoms with van der Waals surface area (Å²) in [5.74, 6) is -0.181. The second kappa shape index (κ2) is 45.6. The zero-order valence-electron chi connectivity index (χ0n) is 42.1. The first-order valence-electron chi connectivity index (χ1n) is 26.5. The van der Waals surface area contributed by atoms with Gasteiger partial charge < -0.3 is 19.8 Å². The maximum atomic E-state index is 12.9. The van der Waals surface area contributed by atoms with Gasteiger partial charge in [0.05, 0.1) is 39.9 Å². The largest absolute Gasteiger partial charge is 0.472 e. The van der Waals surface area contributed by atoms with Gasteiger partial charge in [-0.05, 0) is 57.8 Å². The van der Waals surface area contributed by atoms with Crippen LogP contribution in [0.25, 0.3) is 0 Å². The van der Waals surface area contributed by atoms with Crippen LogP contribution in [-0.4, -0.2) is 73.4 Å². The molecule has 370 valence electrons. The molecule has 8 nitrogen and oxygen atoms in total. The maximum absolute atomic E-state index is 12.9. The number of likely N-dealkylation sites (N-methyl/N-ethyl adjacent to an activating group) is 1. The molecule has 63 heavy (non-hydrogen) atoms. The van der Waals surface area contributed by atoms with Gasteiger partial charge in [-0.25, -0.2) is 4.57 Å². The molecule has 0 aliphatic rings. The highest BCUT2D eigenvalue weighted by Crippen LogP contribution is 2.43. The fourth-order valence-corrected chi connectivity index (χ4v) is 8.31. The highest BCUT2D eigenvalue weighted by molar-refractivity contribution is 7.47. The molecule has 0 aromatic heterocycles. The average Bonchev–Trinajstić information content (AvgIpc) is 3.24. The lowest BCUT2D eigenvalue weighted by Gasteiger charge is -2.25. The summed E-state index contributed by atoms with van der Waals surface area (Å²) in [6.07, 6.45) is 59.0. The van der Waals surface area contributed by atoms with E-state index in [1.165, 1.54) is 167 Å². The number of carbonyl (C=O) groups excluding carboxylic acids is 1. The molecule has 0 saturated heterocycles. The number of hydrogen-bond donors (Lipinski definition) is 3. The number of aliphatic hydroxyl groups is 1. The van der Waals surface area contributed by atoms with Crippen LogP contribution >= 0.6 is 7.82 Å². The van der Waals surface area contributed by atoms with E-state index in [1.807, 2.05) is 27.2 Å². The Bertz CT molecular complexity index is 1170. The predicted octanol–water partition coefficient (Wildman–Crippen LogP) is 15.6. The molecule has 9 heteroatoms. The van der Waals surface area contributed by atoms with Crippen molar-refractivity contribution in [1.82, 2.24) is 5.32 Å². The maximum Gasteiger partial charge on any atom is 0.472 e. The van der Waals surface area contributed by atoms with Crippen molar-refractivity contribution < 1.29 is 32.9 Å². The van der Waals surface area contributed by atoms with Gasteiger partial charge >= 0.3 is 7.82 Å². The van der Waals surface area contributed by atoms with Gasteiger partial charge in [0.15, 0.2) is 0 Å². The number of rotatable bonds is 48. The number of amides is 1. The summed E-state index contributed by atoms with van der Waals surface area (Å²) in [4.78, 5) is 23.2. The van der Waals surface area contributed by atoms with Gasteiger partial charge in [0.2, 0.25) is 5.91 Å². The van der Waals surface area contributed by atoms with Crippen LogP contribution < -0.4 is 5.32 Å². The molecule has 0 bridgehead atoms. The van der Waals surface area contributed by atoms with E-state index in [9.17, 15) is 19.4 Å². The van der Waals surface area contributed by atoms with Crippen LogP contribution in [0.15, 0.2) is 48.6 Å². The molecule has 0 heterocycles. The van der Waals surface area contributed by atoms with Crippen LogP contribution in [0.2, 0.25) is 0 Å². The Morgan fingerprint density at radius 1 is 0.540 bits per heavy atom. The van der Waals surface area contributed by atoms with Crippen LogP contribution in [0.4, 0.5) is 0 Å². The van der Waals surface area contributed by atoms with E-state index in [0.29, 0.717) is 17.4 Å². The number of nitrogens with zero attached hydrogens (tertiary/aromatic N) is 1. The summed E-state index contributed by atoms with van der Waals surface area (Å²) in [5, 5.41) is 13.9. The smallest absolute Gasteiger partial charge is 0.387 e. The number of aliphatic hydroxyl groups excluding tert-OH is 1. The minimum absolute atomic E-state index is 0.0599. The number of phosphoric acid groups is 1. The van der Waals surface area contributed by atoms with Gasteiger partial charge in [-0.15, -0.1) is 0 Å². The molecule has 3 atom stereocenters. The van der Waals surface area contributed by atoms with Crippen molar-refractivity contribution in [3.63, 3.8) is 0 Å². The Hall–Kier alpha value is -1.54. The van der Waals surface area contributed by atoms with Crippen molar-refractivity contribution in [2.75, 3.05) is 40.9 Å². The molecular weight excluding hydrogens is 804 g/mol. The van der Waals surface area contributed by atoms with Crippen LogP contribution in [0.3, 0.4) is 0 Å². The lowest BCUT2D eigenvalue weighted by Crippen LogP contribution is -2.45. The molecule has 3 unspecified atom stereocenters. The number of phosphoric ester groups is 1. The molecule has 0 saturated carbocycles. The van der Waals surface area contributed by atoms with Crippen molar-refractivity contribution in [3.05, 3.63) is 48.6 Å². The summed E-state index contributed by atoms with van der Waals surface area (Å²) < 4.78 is 23.7. The number of carbonyl (C=O) groups is 1. The molecule has 0 fully saturated rings. The van der Waals surface area contributed by atoms with Gasteiger partial charge in [0.25, 0.3) is 0 Å². The highest BCUT2D eigenvalue weighted by atomic mass is 31.2. The van der Waals surface area contributed by atoms with Crippen LogP contribution in [-0.2, 0) is 18.4 Å². The second-order valence-electron chi connectivity index (χ2n) is 19.3. The van der Waals surface area contributed by atoms with Gasteiger partial charge in [-0.2, -0.15) is 0 Å². The fraction of sp³-hybridized carbons (Fsp3) is 0.833. The van der Waals surface area contributed by atoms with Crippen molar-refractivity contribution >= 4 is 13.7 Å². The number of unbranched alkanes of at least 4 members (excludes halogenated alkanes) is 29. The highest BCUT2D eigenvalue weighted by Gasteiger charge is 2.27. The van der Waals surface area contributed by atoms with E-state index in [1.54, 1.807) is 6.08 Å². The fourth-order valence-electron chi connectivity index (χ4n) is 7.58. The normalized spacial score (nSPS) is 14.5. The van der Waals surface area contributed by atoms with E-state index < -0.39 is 20.0 Å². The molecule has 3 N–H and O–H groups in total. The van der Waals surface area contributed by atoms with Gasteiger partial charge in [0, 0.05) is 6.42 Å². The van der Waals surface area contributed by atoms with Crippen LogP contribution in [0.1, 0.15) is 239 Å². The lowest BCUT2D eigenvalue weighted by molar-refractivity contribution is -0.870. The van der Waals surface area contributed by atoms with E-state index in [-0.39, 0.29) is 19.1 Å². The first kappa shape index (κ1) is 61.5. The first-order valence-corrected chi connectivity index (χ1v) is 28.0. The van der Waals surface area contributed by atoms with Crippen LogP contribution in [0, 0.1) is 0 Å². The van der Waals surface area contributed by atoms with Crippen molar-refractivity contribution in [2.24, 2.45) is 0 Å². The minimum atomic E-state index is -4.34. The quantitative estimate of drug-likeness (QED) is 0.0243. The molecule has 0 aromatic carbocycles. The standard InChI is InChI=1S/C54H103N2O6P/c1-6-8-10-12-14-16-18-20-22-24-25-26-27-28-29-30-31-32-34-36-38-40-42-44-46-48-54(58)55-52(51-62-63(59,60)61-50-49-56(3,4)5)53(57)47-45-43-41-39-37-35-33-23-21-19-17-15-13-11-9-7-2/h18,20,24-25,27-28,45,47,52-53,57H,6-17,19,21-23,26,29-44,46,48-51H2,1-5H3,(H-,55,58,59,60)/p+1/b20-18-,25-24-,28-27-,47-45+. The Morgan fingerprint density at radius 3 is 1.32 bits per heavy atom. The number of nitrogens with one attached hydrogen (secondary N) is 1.